The molecule has 1 saturated heterocycles. The zero-order chi connectivity index (χ0) is 10.1. The van der Waals surface area contributed by atoms with Crippen LogP contribution >= 0.6 is 0 Å². The van der Waals surface area contributed by atoms with E-state index in [0.29, 0.717) is 17.7 Å². The predicted molar refractivity (Wildman–Crippen MR) is 52.9 cm³/mol. The summed E-state index contributed by atoms with van der Waals surface area (Å²) in [4.78, 5) is 0. The van der Waals surface area contributed by atoms with Crippen LogP contribution < -0.4 is 10.1 Å². The van der Waals surface area contributed by atoms with Gasteiger partial charge in [-0.2, -0.15) is 0 Å². The highest BCUT2D eigenvalue weighted by molar-refractivity contribution is 5.32. The summed E-state index contributed by atoms with van der Waals surface area (Å²) in [6.45, 7) is 3.17. The van der Waals surface area contributed by atoms with Crippen LogP contribution in [0.4, 0.5) is 4.39 Å². The lowest BCUT2D eigenvalue weighted by Gasteiger charge is -2.36. The standard InChI is InChI=1S/C11H14FNO/c1-7-6-13-11(7)8-3-4-10(14-2)9(12)5-8/h3-5,7,11,13H,6H2,1-2H3. The Morgan fingerprint density at radius 1 is 1.50 bits per heavy atom. The first kappa shape index (κ1) is 9.46. The zero-order valence-electron chi connectivity index (χ0n) is 8.38. The molecule has 1 aliphatic heterocycles. The summed E-state index contributed by atoms with van der Waals surface area (Å²) in [5, 5.41) is 3.27. The van der Waals surface area contributed by atoms with Crippen molar-refractivity contribution in [2.75, 3.05) is 13.7 Å². The smallest absolute Gasteiger partial charge is 0.165 e. The summed E-state index contributed by atoms with van der Waals surface area (Å²) in [5.74, 6) is 0.606. The van der Waals surface area contributed by atoms with Crippen molar-refractivity contribution in [3.8, 4) is 5.75 Å². The molecule has 1 aromatic rings. The second-order valence-corrected chi connectivity index (χ2v) is 3.76. The van der Waals surface area contributed by atoms with Crippen LogP contribution in [0.1, 0.15) is 18.5 Å². The van der Waals surface area contributed by atoms with Gasteiger partial charge in [0.05, 0.1) is 7.11 Å². The largest absolute Gasteiger partial charge is 0.494 e. The molecular formula is C11H14FNO. The maximum absolute atomic E-state index is 13.3. The van der Waals surface area contributed by atoms with Gasteiger partial charge in [-0.05, 0) is 23.6 Å². The van der Waals surface area contributed by atoms with Gasteiger partial charge in [-0.3, -0.25) is 0 Å². The maximum atomic E-state index is 13.3. The first-order valence-corrected chi connectivity index (χ1v) is 4.79. The molecule has 2 unspecified atom stereocenters. The average Bonchev–Trinajstić information content (AvgIpc) is 2.16. The van der Waals surface area contributed by atoms with Crippen molar-refractivity contribution in [1.82, 2.24) is 5.32 Å². The van der Waals surface area contributed by atoms with Crippen LogP contribution in [0.15, 0.2) is 18.2 Å². The number of ether oxygens (including phenoxy) is 1. The molecule has 0 bridgehead atoms. The molecule has 1 N–H and O–H groups in total. The molecule has 1 heterocycles. The minimum atomic E-state index is -0.286. The topological polar surface area (TPSA) is 21.3 Å². The maximum Gasteiger partial charge on any atom is 0.165 e. The van der Waals surface area contributed by atoms with Crippen LogP contribution in [-0.4, -0.2) is 13.7 Å². The molecule has 1 fully saturated rings. The third-order valence-corrected chi connectivity index (χ3v) is 2.76. The van der Waals surface area contributed by atoms with E-state index in [-0.39, 0.29) is 5.82 Å². The molecule has 0 spiro atoms. The molecule has 0 aromatic heterocycles. The van der Waals surface area contributed by atoms with Crippen molar-refractivity contribution in [1.29, 1.82) is 0 Å². The molecule has 0 saturated carbocycles. The minimum Gasteiger partial charge on any atom is -0.494 e. The Morgan fingerprint density at radius 2 is 2.29 bits per heavy atom. The molecule has 2 nitrogen and oxygen atoms in total. The molecule has 2 atom stereocenters. The van der Waals surface area contributed by atoms with Gasteiger partial charge < -0.3 is 10.1 Å². The van der Waals surface area contributed by atoms with E-state index in [1.807, 2.05) is 6.07 Å². The lowest BCUT2D eigenvalue weighted by molar-refractivity contribution is 0.257. The summed E-state index contributed by atoms with van der Waals surface area (Å²) in [5.41, 5.74) is 1.00. The summed E-state index contributed by atoms with van der Waals surface area (Å²) in [7, 11) is 1.47. The lowest BCUT2D eigenvalue weighted by Crippen LogP contribution is -2.43. The normalized spacial score (nSPS) is 25.6. The van der Waals surface area contributed by atoms with Crippen LogP contribution in [0.25, 0.3) is 0 Å². The Labute approximate surface area is 83.1 Å². The van der Waals surface area contributed by atoms with Crippen molar-refractivity contribution < 1.29 is 9.13 Å². The van der Waals surface area contributed by atoms with Gasteiger partial charge in [0.15, 0.2) is 11.6 Å². The van der Waals surface area contributed by atoms with Crippen LogP contribution in [0.3, 0.4) is 0 Å². The van der Waals surface area contributed by atoms with Crippen molar-refractivity contribution in [2.24, 2.45) is 5.92 Å². The molecule has 0 aliphatic carbocycles. The van der Waals surface area contributed by atoms with Crippen molar-refractivity contribution in [3.63, 3.8) is 0 Å². The van der Waals surface area contributed by atoms with Crippen LogP contribution in [0.2, 0.25) is 0 Å². The summed E-state index contributed by atoms with van der Waals surface area (Å²) in [6, 6.07) is 5.44. The second-order valence-electron chi connectivity index (χ2n) is 3.76. The molecule has 0 amide bonds. The van der Waals surface area contributed by atoms with Crippen LogP contribution in [-0.2, 0) is 0 Å². The molecule has 1 aromatic carbocycles. The minimum absolute atomic E-state index is 0.286. The van der Waals surface area contributed by atoms with E-state index in [1.54, 1.807) is 12.1 Å². The van der Waals surface area contributed by atoms with Gasteiger partial charge in [0.1, 0.15) is 0 Å². The molecular weight excluding hydrogens is 181 g/mol. The monoisotopic (exact) mass is 195 g/mol. The third kappa shape index (κ3) is 1.48. The number of benzene rings is 1. The fourth-order valence-electron chi connectivity index (χ4n) is 1.79. The first-order valence-electron chi connectivity index (χ1n) is 4.79. The van der Waals surface area contributed by atoms with E-state index in [4.69, 9.17) is 4.74 Å². The fraction of sp³-hybridized carbons (Fsp3) is 0.455. The Balaban J connectivity index is 2.24. The van der Waals surface area contributed by atoms with E-state index in [0.717, 1.165) is 12.1 Å². The molecule has 76 valence electrons. The van der Waals surface area contributed by atoms with Gasteiger partial charge in [-0.1, -0.05) is 13.0 Å². The molecule has 1 aliphatic rings. The quantitative estimate of drug-likeness (QED) is 0.780. The predicted octanol–water partition coefficient (Wildman–Crippen LogP) is 2.11. The Hall–Kier alpha value is -1.09. The van der Waals surface area contributed by atoms with Gasteiger partial charge in [0, 0.05) is 12.6 Å². The highest BCUT2D eigenvalue weighted by Crippen LogP contribution is 2.30. The number of hydrogen-bond acceptors (Lipinski definition) is 2. The number of hydrogen-bond donors (Lipinski definition) is 1. The van der Waals surface area contributed by atoms with E-state index in [9.17, 15) is 4.39 Å². The highest BCUT2D eigenvalue weighted by atomic mass is 19.1. The summed E-state index contributed by atoms with van der Waals surface area (Å²) < 4.78 is 18.2. The third-order valence-electron chi connectivity index (χ3n) is 2.76. The summed E-state index contributed by atoms with van der Waals surface area (Å²) >= 11 is 0. The van der Waals surface area contributed by atoms with Crippen molar-refractivity contribution in [3.05, 3.63) is 29.6 Å². The Bertz CT molecular complexity index is 340. The SMILES string of the molecule is COc1ccc(C2NCC2C)cc1F. The number of halogens is 1. The summed E-state index contributed by atoms with van der Waals surface area (Å²) in [6.07, 6.45) is 0. The molecule has 0 radical (unpaired) electrons. The van der Waals surface area contributed by atoms with E-state index in [2.05, 4.69) is 12.2 Å². The number of rotatable bonds is 2. The number of methoxy groups -OCH3 is 1. The van der Waals surface area contributed by atoms with Crippen molar-refractivity contribution >= 4 is 0 Å². The molecule has 14 heavy (non-hydrogen) atoms. The number of nitrogens with one attached hydrogen (secondary N) is 1. The first-order chi connectivity index (χ1) is 6.72. The Morgan fingerprint density at radius 3 is 2.71 bits per heavy atom. The fourth-order valence-corrected chi connectivity index (χ4v) is 1.79. The van der Waals surface area contributed by atoms with E-state index in [1.165, 1.54) is 7.11 Å². The van der Waals surface area contributed by atoms with Gasteiger partial charge in [0.25, 0.3) is 0 Å². The second kappa shape index (κ2) is 3.58. The van der Waals surface area contributed by atoms with E-state index >= 15 is 0 Å². The van der Waals surface area contributed by atoms with Gasteiger partial charge in [-0.25, -0.2) is 4.39 Å². The molecule has 2 rings (SSSR count). The molecule has 3 heteroatoms. The van der Waals surface area contributed by atoms with Gasteiger partial charge in [0.2, 0.25) is 0 Å². The Kier molecular flexibility index (Phi) is 2.42. The van der Waals surface area contributed by atoms with Gasteiger partial charge >= 0.3 is 0 Å². The van der Waals surface area contributed by atoms with E-state index < -0.39 is 0 Å². The zero-order valence-corrected chi connectivity index (χ0v) is 8.38. The van der Waals surface area contributed by atoms with Crippen molar-refractivity contribution in [2.45, 2.75) is 13.0 Å². The van der Waals surface area contributed by atoms with Crippen LogP contribution in [0, 0.1) is 11.7 Å². The van der Waals surface area contributed by atoms with Crippen LogP contribution in [0.5, 0.6) is 5.75 Å². The average molecular weight is 195 g/mol. The highest BCUT2D eigenvalue weighted by Gasteiger charge is 2.27. The lowest BCUT2D eigenvalue weighted by atomic mass is 9.88. The van der Waals surface area contributed by atoms with Gasteiger partial charge in [-0.15, -0.1) is 0 Å².